The van der Waals surface area contributed by atoms with Gasteiger partial charge in [-0.25, -0.2) is 0 Å². The van der Waals surface area contributed by atoms with Crippen molar-refractivity contribution >= 4 is 5.69 Å². The summed E-state index contributed by atoms with van der Waals surface area (Å²) in [6, 6.07) is 16.1. The average molecular weight is 255 g/mol. The minimum absolute atomic E-state index is 0.390. The number of rotatable bonds is 4. The smallest absolute Gasteiger partial charge is 0.161 e. The zero-order chi connectivity index (χ0) is 13.1. The molecule has 3 nitrogen and oxygen atoms in total. The maximum atomic E-state index is 5.90. The molecule has 0 spiro atoms. The Balaban J connectivity index is 1.71. The molecule has 0 bridgehead atoms. The summed E-state index contributed by atoms with van der Waals surface area (Å²) < 4.78 is 11.2. The van der Waals surface area contributed by atoms with E-state index in [1.54, 1.807) is 7.11 Å². The number of nitrogens with one attached hydrogen (secondary N) is 1. The van der Waals surface area contributed by atoms with E-state index in [9.17, 15) is 0 Å². The fourth-order valence-corrected chi connectivity index (χ4v) is 2.43. The number of hydrogen-bond acceptors (Lipinski definition) is 3. The van der Waals surface area contributed by atoms with Crippen molar-refractivity contribution in [2.75, 3.05) is 25.6 Å². The van der Waals surface area contributed by atoms with Crippen molar-refractivity contribution < 1.29 is 9.47 Å². The van der Waals surface area contributed by atoms with Crippen LogP contribution >= 0.6 is 0 Å². The molecule has 3 heteroatoms. The van der Waals surface area contributed by atoms with E-state index in [0.29, 0.717) is 12.5 Å². The highest BCUT2D eigenvalue weighted by molar-refractivity contribution is 5.57. The molecule has 0 aliphatic carbocycles. The van der Waals surface area contributed by atoms with Gasteiger partial charge in [-0.3, -0.25) is 0 Å². The predicted octanol–water partition coefficient (Wildman–Crippen LogP) is 3.28. The van der Waals surface area contributed by atoms with Gasteiger partial charge in [-0.1, -0.05) is 30.3 Å². The highest BCUT2D eigenvalue weighted by Crippen LogP contribution is 2.33. The van der Waals surface area contributed by atoms with Crippen LogP contribution in [0.1, 0.15) is 11.5 Å². The lowest BCUT2D eigenvalue weighted by molar-refractivity contribution is 0.277. The van der Waals surface area contributed by atoms with Crippen LogP contribution in [-0.2, 0) is 0 Å². The first-order chi connectivity index (χ1) is 9.38. The molecule has 1 aliphatic heterocycles. The lowest BCUT2D eigenvalue weighted by Gasteiger charge is -2.14. The monoisotopic (exact) mass is 255 g/mol. The highest BCUT2D eigenvalue weighted by atomic mass is 16.5. The van der Waals surface area contributed by atoms with Crippen LogP contribution in [0.3, 0.4) is 0 Å². The normalized spacial score (nSPS) is 16.6. The molecule has 2 aromatic rings. The Morgan fingerprint density at radius 2 is 1.79 bits per heavy atom. The van der Waals surface area contributed by atoms with Gasteiger partial charge >= 0.3 is 0 Å². The summed E-state index contributed by atoms with van der Waals surface area (Å²) >= 11 is 0. The Morgan fingerprint density at radius 1 is 1.05 bits per heavy atom. The van der Waals surface area contributed by atoms with E-state index in [-0.39, 0.29) is 0 Å². The molecule has 1 atom stereocenters. The van der Waals surface area contributed by atoms with Crippen LogP contribution in [0.2, 0.25) is 0 Å². The van der Waals surface area contributed by atoms with Crippen LogP contribution in [0.25, 0.3) is 0 Å². The summed E-state index contributed by atoms with van der Waals surface area (Å²) in [5.74, 6) is 1.97. The summed E-state index contributed by atoms with van der Waals surface area (Å²) in [5.41, 5.74) is 2.55. The number of benzene rings is 2. The third kappa shape index (κ3) is 2.36. The van der Waals surface area contributed by atoms with Crippen molar-refractivity contribution in [1.29, 1.82) is 0 Å². The molecule has 0 saturated carbocycles. The first-order valence-electron chi connectivity index (χ1n) is 6.47. The van der Waals surface area contributed by atoms with Gasteiger partial charge < -0.3 is 14.8 Å². The number of hydrogen-bond donors (Lipinski definition) is 1. The van der Waals surface area contributed by atoms with Gasteiger partial charge in [-0.15, -0.1) is 0 Å². The number of fused-ring (bicyclic) bond motifs is 1. The van der Waals surface area contributed by atoms with Crippen molar-refractivity contribution in [2.45, 2.75) is 5.92 Å². The molecule has 1 unspecified atom stereocenters. The van der Waals surface area contributed by atoms with Gasteiger partial charge in [0.2, 0.25) is 0 Å². The van der Waals surface area contributed by atoms with Crippen LogP contribution in [-0.4, -0.2) is 20.3 Å². The van der Waals surface area contributed by atoms with Crippen molar-refractivity contribution in [2.24, 2.45) is 0 Å². The minimum Gasteiger partial charge on any atom is -0.493 e. The molecule has 0 aromatic heterocycles. The zero-order valence-corrected chi connectivity index (χ0v) is 10.9. The molecule has 1 heterocycles. The quantitative estimate of drug-likeness (QED) is 0.909. The van der Waals surface area contributed by atoms with Crippen molar-refractivity contribution in [3.63, 3.8) is 0 Å². The minimum atomic E-state index is 0.390. The lowest BCUT2D eigenvalue weighted by Crippen LogP contribution is -2.12. The fraction of sp³-hybridized carbons (Fsp3) is 0.250. The van der Waals surface area contributed by atoms with Gasteiger partial charge in [0, 0.05) is 18.2 Å². The maximum Gasteiger partial charge on any atom is 0.161 e. The Bertz CT molecular complexity index is 568. The zero-order valence-electron chi connectivity index (χ0n) is 10.9. The van der Waals surface area contributed by atoms with Gasteiger partial charge in [0.1, 0.15) is 0 Å². The van der Waals surface area contributed by atoms with E-state index in [0.717, 1.165) is 18.0 Å². The number of ether oxygens (including phenoxy) is 2. The molecule has 0 fully saturated rings. The first-order valence-corrected chi connectivity index (χ1v) is 6.47. The van der Waals surface area contributed by atoms with E-state index >= 15 is 0 Å². The molecule has 1 aliphatic rings. The summed E-state index contributed by atoms with van der Waals surface area (Å²) in [4.78, 5) is 0. The predicted molar refractivity (Wildman–Crippen MR) is 76.2 cm³/mol. The lowest BCUT2D eigenvalue weighted by atomic mass is 10.0. The van der Waals surface area contributed by atoms with E-state index < -0.39 is 0 Å². The van der Waals surface area contributed by atoms with E-state index in [1.165, 1.54) is 11.3 Å². The molecule has 0 saturated heterocycles. The van der Waals surface area contributed by atoms with Crippen molar-refractivity contribution in [1.82, 2.24) is 0 Å². The van der Waals surface area contributed by atoms with Crippen LogP contribution in [0, 0.1) is 0 Å². The molecule has 19 heavy (non-hydrogen) atoms. The number of methoxy groups -OCH3 is 1. The maximum absolute atomic E-state index is 5.90. The number of anilines is 1. The van der Waals surface area contributed by atoms with Crippen LogP contribution in [0.5, 0.6) is 11.5 Å². The van der Waals surface area contributed by atoms with E-state index in [2.05, 4.69) is 29.6 Å². The summed E-state index contributed by atoms with van der Waals surface area (Å²) in [7, 11) is 1.66. The number of para-hydroxylation sites is 3. The molecule has 2 aromatic carbocycles. The first kappa shape index (κ1) is 11.9. The molecule has 0 amide bonds. The Hall–Kier alpha value is -2.16. The second-order valence-electron chi connectivity index (χ2n) is 4.63. The van der Waals surface area contributed by atoms with Gasteiger partial charge in [-0.2, -0.15) is 0 Å². The SMILES string of the molecule is COc1ccccc1OCC1CNc2ccccc21. The summed E-state index contributed by atoms with van der Waals surface area (Å²) in [6.07, 6.45) is 0. The van der Waals surface area contributed by atoms with E-state index in [4.69, 9.17) is 9.47 Å². The molecule has 3 rings (SSSR count). The molecule has 0 radical (unpaired) electrons. The Kier molecular flexibility index (Phi) is 3.27. The van der Waals surface area contributed by atoms with Gasteiger partial charge in [0.15, 0.2) is 11.5 Å². The van der Waals surface area contributed by atoms with Gasteiger partial charge in [0.05, 0.1) is 13.7 Å². The Labute approximate surface area is 113 Å². The third-order valence-electron chi connectivity index (χ3n) is 3.45. The molecular formula is C16H17NO2. The molecule has 1 N–H and O–H groups in total. The van der Waals surface area contributed by atoms with Crippen molar-refractivity contribution in [3.05, 3.63) is 54.1 Å². The van der Waals surface area contributed by atoms with Crippen LogP contribution in [0.15, 0.2) is 48.5 Å². The largest absolute Gasteiger partial charge is 0.493 e. The topological polar surface area (TPSA) is 30.5 Å². The summed E-state index contributed by atoms with van der Waals surface area (Å²) in [5, 5.41) is 3.40. The third-order valence-corrected chi connectivity index (χ3v) is 3.45. The second-order valence-corrected chi connectivity index (χ2v) is 4.63. The van der Waals surface area contributed by atoms with E-state index in [1.807, 2.05) is 24.3 Å². The fourth-order valence-electron chi connectivity index (χ4n) is 2.43. The van der Waals surface area contributed by atoms with Crippen LogP contribution in [0.4, 0.5) is 5.69 Å². The highest BCUT2D eigenvalue weighted by Gasteiger charge is 2.22. The average Bonchev–Trinajstić information content (AvgIpc) is 2.89. The second kappa shape index (κ2) is 5.22. The molecular weight excluding hydrogens is 238 g/mol. The molecule has 98 valence electrons. The summed E-state index contributed by atoms with van der Waals surface area (Å²) in [6.45, 7) is 1.58. The van der Waals surface area contributed by atoms with Crippen molar-refractivity contribution in [3.8, 4) is 11.5 Å². The Morgan fingerprint density at radius 3 is 2.63 bits per heavy atom. The van der Waals surface area contributed by atoms with Crippen LogP contribution < -0.4 is 14.8 Å². The van der Waals surface area contributed by atoms with Gasteiger partial charge in [-0.05, 0) is 23.8 Å². The standard InChI is InChI=1S/C16H17NO2/c1-18-15-8-4-5-9-16(15)19-11-12-10-17-14-7-3-2-6-13(12)14/h2-9,12,17H,10-11H2,1H3. The van der Waals surface area contributed by atoms with Gasteiger partial charge in [0.25, 0.3) is 0 Å².